The van der Waals surface area contributed by atoms with E-state index < -0.39 is 23.3 Å². The van der Waals surface area contributed by atoms with E-state index in [1.54, 1.807) is 52.0 Å². The Bertz CT molecular complexity index is 2120. The molecule has 0 unspecified atom stereocenters. The highest BCUT2D eigenvalue weighted by molar-refractivity contribution is 5.96. The Hall–Kier alpha value is -5.93. The number of pyridine rings is 4. The fraction of sp³-hybridized carbons (Fsp3) is 0.375. The van der Waals surface area contributed by atoms with E-state index in [-0.39, 0.29) is 19.0 Å². The third-order valence-electron chi connectivity index (χ3n) is 10.1. The fourth-order valence-corrected chi connectivity index (χ4v) is 6.14. The summed E-state index contributed by atoms with van der Waals surface area (Å²) in [5.41, 5.74) is 2.37. The fourth-order valence-electron chi connectivity index (χ4n) is 6.14. The van der Waals surface area contributed by atoms with E-state index in [4.69, 9.17) is 9.47 Å². The molecule has 1 aliphatic heterocycles. The van der Waals surface area contributed by atoms with Crippen molar-refractivity contribution in [1.82, 2.24) is 29.9 Å². The van der Waals surface area contributed by atoms with Crippen molar-refractivity contribution in [2.75, 3.05) is 36.9 Å². The number of hydrogen-bond acceptors (Lipinski definition) is 11. The molecule has 55 heavy (non-hydrogen) atoms. The summed E-state index contributed by atoms with van der Waals surface area (Å²) in [6.07, 6.45) is -0.191. The van der Waals surface area contributed by atoms with E-state index in [2.05, 4.69) is 35.5 Å². The molecule has 0 aliphatic carbocycles. The number of hydroxylamine groups is 3. The van der Waals surface area contributed by atoms with Gasteiger partial charge >= 0.3 is 18.0 Å². The highest BCUT2D eigenvalue weighted by Gasteiger charge is 2.59. The monoisotopic (exact) mass is 748 g/mol. The minimum atomic E-state index is -0.915. The minimum absolute atomic E-state index is 0.0831. The second-order valence-electron chi connectivity index (χ2n) is 14.6. The average Bonchev–Trinajstić information content (AvgIpc) is 3.26. The number of carbonyl (C=O) groups excluding carboxylic acids is 2. The van der Waals surface area contributed by atoms with Crippen molar-refractivity contribution in [3.05, 3.63) is 101 Å². The molecule has 0 spiro atoms. The summed E-state index contributed by atoms with van der Waals surface area (Å²) in [6, 6.07) is 22.1. The topological polar surface area (TPSA) is 181 Å². The molecule has 15 nitrogen and oxygen atoms in total. The van der Waals surface area contributed by atoms with E-state index in [0.717, 1.165) is 37.5 Å². The predicted molar refractivity (Wildman–Crippen MR) is 208 cm³/mol. The number of nitrogens with one attached hydrogen (secondary N) is 2. The van der Waals surface area contributed by atoms with Crippen LogP contribution in [-0.2, 0) is 21.2 Å². The molecule has 5 heterocycles. The van der Waals surface area contributed by atoms with Gasteiger partial charge in [0.2, 0.25) is 0 Å². The second-order valence-corrected chi connectivity index (χ2v) is 14.6. The number of ether oxygens (including phenoxy) is 2. The Morgan fingerprint density at radius 3 is 1.65 bits per heavy atom. The van der Waals surface area contributed by atoms with Gasteiger partial charge in [-0.15, -0.1) is 0 Å². The van der Waals surface area contributed by atoms with E-state index in [0.29, 0.717) is 61.0 Å². The Labute approximate surface area is 319 Å². The lowest BCUT2D eigenvalue weighted by atomic mass is 9.84. The van der Waals surface area contributed by atoms with Gasteiger partial charge in [-0.25, -0.2) is 29.5 Å². The lowest BCUT2D eigenvalue weighted by molar-refractivity contribution is -0.539. The normalized spacial score (nSPS) is 14.8. The van der Waals surface area contributed by atoms with Gasteiger partial charge in [0.05, 0.1) is 18.8 Å². The highest BCUT2D eigenvalue weighted by Crippen LogP contribution is 2.37. The standard InChI is InChI=1S/C40H46N9O6/c1-26-9-13-29-17-19-32(43-34(29)41-26)45-37(50)54-23-7-21-47(22-8-24-55-38(51)46-33-20-18-30-14-10-27(2)42-35(30)44-33)25-28-11-15-31(16-12-28)36-48(52)39(3,4)40(5,6)49(36)53/h9-20H,7-8,21-25H2,1-6H3,(H,41,43,45,50)(H,42,44,46,51). The van der Waals surface area contributed by atoms with Gasteiger partial charge in [-0.2, -0.15) is 0 Å². The van der Waals surface area contributed by atoms with Crippen molar-refractivity contribution in [2.45, 2.75) is 72.0 Å². The second kappa shape index (κ2) is 16.2. The van der Waals surface area contributed by atoms with Crippen LogP contribution in [0.5, 0.6) is 0 Å². The van der Waals surface area contributed by atoms with E-state index >= 15 is 0 Å². The van der Waals surface area contributed by atoms with Crippen molar-refractivity contribution >= 4 is 51.7 Å². The zero-order chi connectivity index (χ0) is 39.3. The zero-order valence-electron chi connectivity index (χ0n) is 32.0. The highest BCUT2D eigenvalue weighted by atomic mass is 16.6. The molecule has 5 aromatic rings. The largest absolute Gasteiger partial charge is 0.714 e. The van der Waals surface area contributed by atoms with Crippen molar-refractivity contribution in [1.29, 1.82) is 0 Å². The van der Waals surface area contributed by atoms with Crippen molar-refractivity contribution in [3.63, 3.8) is 0 Å². The number of aryl methyl sites for hydroxylation is 2. The number of nitrogens with zero attached hydrogens (tertiary/aromatic N) is 7. The first kappa shape index (κ1) is 38.8. The van der Waals surface area contributed by atoms with Crippen LogP contribution in [0.1, 0.15) is 63.1 Å². The number of carbonyl (C=O) groups is 2. The molecule has 0 saturated heterocycles. The third-order valence-corrected chi connectivity index (χ3v) is 10.1. The molecular formula is C40H46N9O6. The molecule has 0 saturated carbocycles. The lowest BCUT2D eigenvalue weighted by Gasteiger charge is -2.32. The molecule has 1 aliphatic rings. The maximum atomic E-state index is 13.2. The Morgan fingerprint density at radius 1 is 0.727 bits per heavy atom. The van der Waals surface area contributed by atoms with Gasteiger partial charge in [0.15, 0.2) is 16.8 Å². The summed E-state index contributed by atoms with van der Waals surface area (Å²) in [4.78, 5) is 44.9. The predicted octanol–water partition coefficient (Wildman–Crippen LogP) is 6.74. The molecule has 0 atom stereocenters. The van der Waals surface area contributed by atoms with E-state index in [9.17, 15) is 20.0 Å². The number of amidine groups is 1. The quantitative estimate of drug-likeness (QED) is 0.0739. The number of fused-ring (bicyclic) bond motifs is 2. The molecule has 6 rings (SSSR count). The molecule has 2 N–H and O–H groups in total. The summed E-state index contributed by atoms with van der Waals surface area (Å²) in [5.74, 6) is 0.770. The van der Waals surface area contributed by atoms with Crippen molar-refractivity contribution < 1.29 is 29.0 Å². The van der Waals surface area contributed by atoms with Gasteiger partial charge in [-0.1, -0.05) is 17.2 Å². The van der Waals surface area contributed by atoms with E-state index in [1.165, 1.54) is 0 Å². The lowest BCUT2D eigenvalue weighted by Crippen LogP contribution is -2.53. The Morgan fingerprint density at radius 2 is 1.20 bits per heavy atom. The Kier molecular flexibility index (Phi) is 11.4. The van der Waals surface area contributed by atoms with Crippen LogP contribution in [-0.4, -0.2) is 90.0 Å². The third kappa shape index (κ3) is 8.90. The summed E-state index contributed by atoms with van der Waals surface area (Å²) >= 11 is 0. The number of anilines is 2. The van der Waals surface area contributed by atoms with Crippen LogP contribution in [0.3, 0.4) is 0 Å². The van der Waals surface area contributed by atoms with Crippen LogP contribution < -0.4 is 10.6 Å². The summed E-state index contributed by atoms with van der Waals surface area (Å²) < 4.78 is 11.7. The van der Waals surface area contributed by atoms with Crippen LogP contribution in [0.15, 0.2) is 72.8 Å². The smallest absolute Gasteiger partial charge is 0.412 e. The van der Waals surface area contributed by atoms with Gasteiger partial charge in [-0.05, 0) is 121 Å². The van der Waals surface area contributed by atoms with Gasteiger partial charge < -0.3 is 14.7 Å². The Balaban J connectivity index is 1.04. The molecule has 0 bridgehead atoms. The molecule has 2 amide bonds. The van der Waals surface area contributed by atoms with Crippen LogP contribution in [0, 0.1) is 19.1 Å². The van der Waals surface area contributed by atoms with Gasteiger partial charge in [0.25, 0.3) is 0 Å². The molecule has 4 aromatic heterocycles. The maximum Gasteiger partial charge on any atom is 0.412 e. The molecule has 287 valence electrons. The van der Waals surface area contributed by atoms with E-state index in [1.807, 2.05) is 62.4 Å². The van der Waals surface area contributed by atoms with Gasteiger partial charge in [-0.3, -0.25) is 20.3 Å². The molecular weight excluding hydrogens is 702 g/mol. The number of amides is 2. The van der Waals surface area contributed by atoms with Crippen LogP contribution in [0.25, 0.3) is 22.1 Å². The first-order valence-corrected chi connectivity index (χ1v) is 18.2. The van der Waals surface area contributed by atoms with Crippen LogP contribution in [0.4, 0.5) is 21.2 Å². The number of benzene rings is 1. The maximum absolute atomic E-state index is 13.2. The minimum Gasteiger partial charge on any atom is -0.714 e. The zero-order valence-corrected chi connectivity index (χ0v) is 32.0. The number of rotatable bonds is 13. The molecule has 15 heteroatoms. The SMILES string of the molecule is Cc1ccc2ccc(NC(=O)OCCCN(CCCOC(=O)Nc3ccc4ccc(C)nc4n3)Cc3ccc(C4=[N+]([O-])C(C)(C)C(C)(C)N4[O])cc3)nc2n1. The molecule has 1 aromatic carbocycles. The molecule has 0 fully saturated rings. The van der Waals surface area contributed by atoms with Gasteiger partial charge in [0.1, 0.15) is 17.2 Å². The average molecular weight is 749 g/mol. The summed E-state index contributed by atoms with van der Waals surface area (Å²) in [7, 11) is 0. The number of hydrogen-bond donors (Lipinski definition) is 2. The van der Waals surface area contributed by atoms with Crippen LogP contribution in [0.2, 0.25) is 0 Å². The summed E-state index contributed by atoms with van der Waals surface area (Å²) in [6.45, 7) is 12.8. The van der Waals surface area contributed by atoms with Crippen LogP contribution >= 0.6 is 0 Å². The van der Waals surface area contributed by atoms with Crippen molar-refractivity contribution in [2.24, 2.45) is 0 Å². The summed E-state index contributed by atoms with van der Waals surface area (Å²) in [5, 5.41) is 34.2. The first-order chi connectivity index (χ1) is 26.2. The van der Waals surface area contributed by atoms with Gasteiger partial charge in [0, 0.05) is 47.0 Å². The number of aromatic nitrogens is 4. The first-order valence-electron chi connectivity index (χ1n) is 18.2. The van der Waals surface area contributed by atoms with Crippen molar-refractivity contribution in [3.8, 4) is 0 Å². The molecule has 1 radical (unpaired) electrons.